The molecule has 2 aromatic heterocycles. The molecule has 2 aromatic carbocycles. The number of aryl methyl sites for hydroxylation is 1. The normalized spacial score (nSPS) is 11.1. The Kier molecular flexibility index (Phi) is 6.15. The Hall–Kier alpha value is -3.04. The van der Waals surface area contributed by atoms with Crippen LogP contribution in [0.2, 0.25) is 0 Å². The van der Waals surface area contributed by atoms with Crippen molar-refractivity contribution in [3.05, 3.63) is 81.5 Å². The highest BCUT2D eigenvalue weighted by atomic mass is 32.2. The molecule has 0 bridgehead atoms. The summed E-state index contributed by atoms with van der Waals surface area (Å²) >= 11 is 2.22. The number of para-hydroxylation sites is 1. The molecule has 0 saturated carbocycles. The van der Waals surface area contributed by atoms with Crippen LogP contribution in [0.4, 0.5) is 14.5 Å². The molecular weight excluding hydrogens is 440 g/mol. The summed E-state index contributed by atoms with van der Waals surface area (Å²) in [5.41, 5.74) is 1.78. The lowest BCUT2D eigenvalue weighted by molar-refractivity contribution is -0.113. The SMILES string of the molecule is CCc1ccccc1NC(=O)CSc1nc2ccsc2c(=O)n1-c1cc(F)cc(F)c1. The lowest BCUT2D eigenvalue weighted by Gasteiger charge is -2.13. The van der Waals surface area contributed by atoms with Gasteiger partial charge < -0.3 is 5.32 Å². The minimum absolute atomic E-state index is 0.0181. The van der Waals surface area contributed by atoms with Crippen LogP contribution in [0, 0.1) is 11.6 Å². The van der Waals surface area contributed by atoms with Crippen LogP contribution in [0.15, 0.2) is 63.9 Å². The highest BCUT2D eigenvalue weighted by Gasteiger charge is 2.17. The Bertz CT molecular complexity index is 1310. The summed E-state index contributed by atoms with van der Waals surface area (Å²) in [7, 11) is 0. The summed E-state index contributed by atoms with van der Waals surface area (Å²) in [6, 6.07) is 12.1. The quantitative estimate of drug-likeness (QED) is 0.326. The number of aromatic nitrogens is 2. The van der Waals surface area contributed by atoms with Gasteiger partial charge in [-0.2, -0.15) is 0 Å². The number of anilines is 1. The third-order valence-corrected chi connectivity index (χ3v) is 6.39. The molecule has 4 rings (SSSR count). The predicted molar refractivity (Wildman–Crippen MR) is 120 cm³/mol. The number of halogens is 2. The minimum Gasteiger partial charge on any atom is -0.325 e. The van der Waals surface area contributed by atoms with E-state index in [4.69, 9.17) is 0 Å². The standard InChI is InChI=1S/C22H17F2N3O2S2/c1-2-13-5-3-4-6-17(13)25-19(28)12-31-22-26-18-7-8-30-20(18)21(29)27(22)16-10-14(23)9-15(24)11-16/h3-11H,2,12H2,1H3,(H,25,28). The van der Waals surface area contributed by atoms with Gasteiger partial charge in [0.1, 0.15) is 16.3 Å². The molecule has 0 fully saturated rings. The van der Waals surface area contributed by atoms with Crippen molar-refractivity contribution in [2.75, 3.05) is 11.1 Å². The molecule has 0 atom stereocenters. The Morgan fingerprint density at radius 3 is 2.65 bits per heavy atom. The van der Waals surface area contributed by atoms with Gasteiger partial charge in [-0.15, -0.1) is 11.3 Å². The second-order valence-corrected chi connectivity index (χ2v) is 8.50. The van der Waals surface area contributed by atoms with Gasteiger partial charge in [-0.25, -0.2) is 13.8 Å². The fourth-order valence-corrected chi connectivity index (χ4v) is 4.72. The molecule has 1 amide bonds. The van der Waals surface area contributed by atoms with Crippen molar-refractivity contribution < 1.29 is 13.6 Å². The van der Waals surface area contributed by atoms with Crippen LogP contribution in [0.1, 0.15) is 12.5 Å². The maximum Gasteiger partial charge on any atom is 0.276 e. The van der Waals surface area contributed by atoms with E-state index in [0.717, 1.165) is 52.2 Å². The fourth-order valence-electron chi connectivity index (χ4n) is 3.15. The van der Waals surface area contributed by atoms with E-state index in [0.29, 0.717) is 10.2 Å². The van der Waals surface area contributed by atoms with Crippen LogP contribution >= 0.6 is 23.1 Å². The Labute approximate surface area is 184 Å². The number of carbonyl (C=O) groups is 1. The van der Waals surface area contributed by atoms with E-state index in [1.165, 1.54) is 11.3 Å². The smallest absolute Gasteiger partial charge is 0.276 e. The molecular formula is C22H17F2N3O2S2. The van der Waals surface area contributed by atoms with Gasteiger partial charge in [-0.3, -0.25) is 14.2 Å². The van der Waals surface area contributed by atoms with Gasteiger partial charge in [0.2, 0.25) is 5.91 Å². The summed E-state index contributed by atoms with van der Waals surface area (Å²) in [6.07, 6.45) is 0.769. The minimum atomic E-state index is -0.807. The number of thioether (sulfide) groups is 1. The van der Waals surface area contributed by atoms with E-state index in [1.54, 1.807) is 11.4 Å². The number of benzene rings is 2. The van der Waals surface area contributed by atoms with Gasteiger partial charge in [-0.05, 0) is 41.6 Å². The van der Waals surface area contributed by atoms with Crippen LogP contribution in [-0.4, -0.2) is 21.2 Å². The first-order valence-corrected chi connectivity index (χ1v) is 11.3. The number of thiophene rings is 1. The lowest BCUT2D eigenvalue weighted by atomic mass is 10.1. The number of fused-ring (bicyclic) bond motifs is 1. The average Bonchev–Trinajstić information content (AvgIpc) is 3.21. The molecule has 0 aliphatic rings. The number of nitrogens with one attached hydrogen (secondary N) is 1. The average molecular weight is 458 g/mol. The monoisotopic (exact) mass is 457 g/mol. The van der Waals surface area contributed by atoms with E-state index < -0.39 is 17.2 Å². The zero-order valence-corrected chi connectivity index (χ0v) is 18.0. The van der Waals surface area contributed by atoms with Crippen LogP contribution in [0.5, 0.6) is 0 Å². The van der Waals surface area contributed by atoms with Crippen molar-refractivity contribution in [1.29, 1.82) is 0 Å². The zero-order valence-electron chi connectivity index (χ0n) is 16.4. The second-order valence-electron chi connectivity index (χ2n) is 6.65. The van der Waals surface area contributed by atoms with E-state index >= 15 is 0 Å². The van der Waals surface area contributed by atoms with Gasteiger partial charge >= 0.3 is 0 Å². The fraction of sp³-hybridized carbons (Fsp3) is 0.136. The summed E-state index contributed by atoms with van der Waals surface area (Å²) < 4.78 is 29.1. The lowest BCUT2D eigenvalue weighted by Crippen LogP contribution is -2.22. The molecule has 2 heterocycles. The number of hydrogen-bond acceptors (Lipinski definition) is 5. The number of nitrogens with zero attached hydrogens (tertiary/aromatic N) is 2. The van der Waals surface area contributed by atoms with Crippen molar-refractivity contribution in [2.24, 2.45) is 0 Å². The number of hydrogen-bond donors (Lipinski definition) is 1. The van der Waals surface area contributed by atoms with Crippen molar-refractivity contribution in [2.45, 2.75) is 18.5 Å². The summed E-state index contributed by atoms with van der Waals surface area (Å²) in [4.78, 5) is 30.0. The molecule has 0 saturated heterocycles. The number of amides is 1. The highest BCUT2D eigenvalue weighted by Crippen LogP contribution is 2.25. The van der Waals surface area contributed by atoms with Crippen molar-refractivity contribution >= 4 is 44.9 Å². The first-order valence-electron chi connectivity index (χ1n) is 9.43. The molecule has 0 spiro atoms. The van der Waals surface area contributed by atoms with Gasteiger partial charge in [-0.1, -0.05) is 36.9 Å². The van der Waals surface area contributed by atoms with Crippen molar-refractivity contribution in [1.82, 2.24) is 9.55 Å². The van der Waals surface area contributed by atoms with Gasteiger partial charge in [0.15, 0.2) is 5.16 Å². The molecule has 0 radical (unpaired) electrons. The Morgan fingerprint density at radius 2 is 1.90 bits per heavy atom. The predicted octanol–water partition coefficient (Wildman–Crippen LogP) is 5.02. The molecule has 5 nitrogen and oxygen atoms in total. The number of carbonyl (C=O) groups excluding carboxylic acids is 1. The molecule has 158 valence electrons. The Balaban J connectivity index is 1.67. The van der Waals surface area contributed by atoms with Crippen LogP contribution < -0.4 is 10.9 Å². The number of rotatable bonds is 6. The highest BCUT2D eigenvalue weighted by molar-refractivity contribution is 7.99. The first kappa shape index (κ1) is 21.2. The summed E-state index contributed by atoms with van der Waals surface area (Å²) in [5, 5.41) is 4.76. The van der Waals surface area contributed by atoms with Gasteiger partial charge in [0.05, 0.1) is 17.0 Å². The molecule has 0 aliphatic heterocycles. The Morgan fingerprint density at radius 1 is 1.16 bits per heavy atom. The van der Waals surface area contributed by atoms with Gasteiger partial charge in [0, 0.05) is 11.8 Å². The first-order chi connectivity index (χ1) is 15.0. The van der Waals surface area contributed by atoms with Crippen molar-refractivity contribution in [3.63, 3.8) is 0 Å². The van der Waals surface area contributed by atoms with E-state index in [-0.39, 0.29) is 22.5 Å². The maximum absolute atomic E-state index is 13.8. The van der Waals surface area contributed by atoms with Crippen LogP contribution in [0.25, 0.3) is 15.9 Å². The third-order valence-electron chi connectivity index (χ3n) is 4.56. The van der Waals surface area contributed by atoms with Crippen LogP contribution in [-0.2, 0) is 11.2 Å². The van der Waals surface area contributed by atoms with Crippen molar-refractivity contribution in [3.8, 4) is 5.69 Å². The van der Waals surface area contributed by atoms with E-state index in [9.17, 15) is 18.4 Å². The maximum atomic E-state index is 13.8. The summed E-state index contributed by atoms with van der Waals surface area (Å²) in [6.45, 7) is 2.00. The van der Waals surface area contributed by atoms with E-state index in [2.05, 4.69) is 10.3 Å². The molecule has 1 N–H and O–H groups in total. The largest absolute Gasteiger partial charge is 0.325 e. The van der Waals surface area contributed by atoms with Gasteiger partial charge in [0.25, 0.3) is 5.56 Å². The molecule has 0 unspecified atom stereocenters. The molecule has 4 aromatic rings. The summed E-state index contributed by atoms with van der Waals surface area (Å²) in [5.74, 6) is -1.92. The zero-order chi connectivity index (χ0) is 22.0. The van der Waals surface area contributed by atoms with E-state index in [1.807, 2.05) is 31.2 Å². The van der Waals surface area contributed by atoms with Crippen LogP contribution in [0.3, 0.4) is 0 Å². The second kappa shape index (κ2) is 8.99. The third kappa shape index (κ3) is 4.52. The molecule has 31 heavy (non-hydrogen) atoms. The molecule has 9 heteroatoms. The molecule has 0 aliphatic carbocycles. The topological polar surface area (TPSA) is 64.0 Å².